The van der Waals surface area contributed by atoms with Crippen LogP contribution in [0.4, 0.5) is 0 Å². The molecule has 308 valence electrons. The number of fused-ring (bicyclic) bond motifs is 7. The molecule has 0 aromatic rings. The maximum atomic E-state index is 13.2. The molecule has 0 bridgehead atoms. The van der Waals surface area contributed by atoms with Crippen LogP contribution in [-0.4, -0.2) is 75.7 Å². The second-order valence-corrected chi connectivity index (χ2v) is 21.0. The van der Waals surface area contributed by atoms with Gasteiger partial charge in [0.25, 0.3) is 0 Å². The third-order valence-corrected chi connectivity index (χ3v) is 17.3. The Bertz CT molecular complexity index is 1410. The van der Waals surface area contributed by atoms with Gasteiger partial charge in [-0.25, -0.2) is 0 Å². The SMILES string of the molecule is CCCCCCCCC(=O)N[C@H]1[C@H](O[C@H]2CC[C@]3(C)[C@H]4CC=C5[C@@H]6CC(C)(C)CC[C@]6(C(=O)O)CC[C@@]5(C)[C@]4(C)CC[C@H]3C2(C)C)O[C@H](CO)[C@@H](O)[C@@H]1O. The van der Waals surface area contributed by atoms with Crippen LogP contribution < -0.4 is 5.32 Å². The number of unbranched alkanes of at least 4 members (excludes halogenated alkanes) is 5. The summed E-state index contributed by atoms with van der Waals surface area (Å²) in [7, 11) is 0. The molecule has 1 aliphatic heterocycles. The molecule has 13 atom stereocenters. The summed E-state index contributed by atoms with van der Waals surface area (Å²) in [5.74, 6) is 0.101. The van der Waals surface area contributed by atoms with Gasteiger partial charge in [0, 0.05) is 6.42 Å². The first kappa shape index (κ1) is 42.1. The number of carbonyl (C=O) groups excluding carboxylic acids is 1. The molecular formula is C45H75NO8. The van der Waals surface area contributed by atoms with E-state index in [1.54, 1.807) is 0 Å². The summed E-state index contributed by atoms with van der Waals surface area (Å²) in [5.41, 5.74) is 0.707. The number of aliphatic carboxylic acids is 1. The number of hydrogen-bond acceptors (Lipinski definition) is 7. The number of nitrogens with one attached hydrogen (secondary N) is 1. The van der Waals surface area contributed by atoms with Gasteiger partial charge in [-0.2, -0.15) is 0 Å². The normalized spacial score (nSPS) is 45.2. The van der Waals surface area contributed by atoms with Crippen LogP contribution in [0.25, 0.3) is 0 Å². The van der Waals surface area contributed by atoms with E-state index >= 15 is 0 Å². The first-order valence-electron chi connectivity index (χ1n) is 21.8. The second-order valence-electron chi connectivity index (χ2n) is 21.0. The number of allylic oxidation sites excluding steroid dienone is 2. The summed E-state index contributed by atoms with van der Waals surface area (Å²) in [6.07, 6.45) is 13.5. The summed E-state index contributed by atoms with van der Waals surface area (Å²) in [4.78, 5) is 26.2. The fourth-order valence-electron chi connectivity index (χ4n) is 13.7. The van der Waals surface area contributed by atoms with Crippen LogP contribution in [0.5, 0.6) is 0 Å². The zero-order valence-corrected chi connectivity index (χ0v) is 34.9. The fraction of sp³-hybridized carbons (Fsp3) is 0.911. The molecule has 5 aliphatic carbocycles. The molecule has 4 saturated carbocycles. The molecule has 5 fully saturated rings. The minimum Gasteiger partial charge on any atom is -0.481 e. The zero-order valence-electron chi connectivity index (χ0n) is 34.9. The first-order chi connectivity index (χ1) is 25.3. The lowest BCUT2D eigenvalue weighted by molar-refractivity contribution is -0.306. The summed E-state index contributed by atoms with van der Waals surface area (Å²) in [5, 5.41) is 45.8. The smallest absolute Gasteiger partial charge is 0.310 e. The molecule has 9 nitrogen and oxygen atoms in total. The highest BCUT2D eigenvalue weighted by atomic mass is 16.7. The predicted molar refractivity (Wildman–Crippen MR) is 209 cm³/mol. The van der Waals surface area contributed by atoms with Gasteiger partial charge in [-0.1, -0.05) is 99.1 Å². The second kappa shape index (κ2) is 15.3. The zero-order chi connectivity index (χ0) is 39.5. The van der Waals surface area contributed by atoms with Gasteiger partial charge in [0.2, 0.25) is 5.91 Å². The maximum Gasteiger partial charge on any atom is 0.310 e. The topological polar surface area (TPSA) is 146 Å². The molecule has 6 rings (SSSR count). The van der Waals surface area contributed by atoms with E-state index in [1.807, 2.05) is 0 Å². The number of rotatable bonds is 12. The van der Waals surface area contributed by atoms with E-state index < -0.39 is 48.6 Å². The van der Waals surface area contributed by atoms with Crippen molar-refractivity contribution in [1.29, 1.82) is 0 Å². The van der Waals surface area contributed by atoms with Gasteiger partial charge in [-0.15, -0.1) is 0 Å². The molecule has 0 aromatic heterocycles. The molecule has 9 heteroatoms. The molecule has 0 aromatic carbocycles. The van der Waals surface area contributed by atoms with Crippen molar-refractivity contribution in [3.05, 3.63) is 11.6 Å². The molecule has 0 radical (unpaired) electrons. The van der Waals surface area contributed by atoms with Gasteiger partial charge in [0.15, 0.2) is 6.29 Å². The van der Waals surface area contributed by atoms with Crippen molar-refractivity contribution < 1.29 is 39.5 Å². The standard InChI is InChI=1S/C45H75NO8/c1-9-10-11-12-13-14-15-34(48)46-35-37(50)36(49)30(27-47)53-38(35)54-33-19-20-42(6)31(41(33,4)5)18-21-44(8)32(42)17-16-28-29-26-40(2,3)22-24-45(29,39(51)52)25-23-43(28,44)7/h16,29-33,35-38,47,49-50H,9-15,17-27H2,1-8H3,(H,46,48)(H,51,52)/t29-,30+,31-,32+,33-,35+,36+,37+,38-,42-,43+,44+,45-/m0/s1. The Morgan fingerprint density at radius 3 is 2.24 bits per heavy atom. The highest BCUT2D eigenvalue weighted by Gasteiger charge is 2.69. The van der Waals surface area contributed by atoms with Gasteiger partial charge in [-0.05, 0) is 115 Å². The third kappa shape index (κ3) is 6.94. The summed E-state index contributed by atoms with van der Waals surface area (Å²) in [6.45, 7) is 18.5. The molecule has 0 unspecified atom stereocenters. The van der Waals surface area contributed by atoms with Crippen LogP contribution in [0.3, 0.4) is 0 Å². The Labute approximate surface area is 325 Å². The molecule has 5 N–H and O–H groups in total. The average molecular weight is 758 g/mol. The Balaban J connectivity index is 1.21. The van der Waals surface area contributed by atoms with E-state index in [0.717, 1.165) is 83.5 Å². The minimum atomic E-state index is -1.35. The van der Waals surface area contributed by atoms with Crippen molar-refractivity contribution in [2.75, 3.05) is 6.61 Å². The van der Waals surface area contributed by atoms with Crippen LogP contribution in [0, 0.1) is 50.2 Å². The number of hydrogen-bond donors (Lipinski definition) is 5. The van der Waals surface area contributed by atoms with Gasteiger partial charge in [0.1, 0.15) is 24.4 Å². The Morgan fingerprint density at radius 2 is 1.56 bits per heavy atom. The molecule has 0 spiro atoms. The van der Waals surface area contributed by atoms with Crippen molar-refractivity contribution in [2.45, 2.75) is 201 Å². The van der Waals surface area contributed by atoms with E-state index in [0.29, 0.717) is 18.3 Å². The van der Waals surface area contributed by atoms with Gasteiger partial charge < -0.3 is 35.2 Å². The quantitative estimate of drug-likeness (QED) is 0.0767. The lowest BCUT2D eigenvalue weighted by atomic mass is 9.33. The number of carboxylic acid groups (broad SMARTS) is 1. The van der Waals surface area contributed by atoms with Crippen molar-refractivity contribution in [1.82, 2.24) is 5.32 Å². The predicted octanol–water partition coefficient (Wildman–Crippen LogP) is 7.93. The van der Waals surface area contributed by atoms with Crippen LogP contribution in [0.15, 0.2) is 11.6 Å². The van der Waals surface area contributed by atoms with Crippen LogP contribution in [0.2, 0.25) is 0 Å². The lowest BCUT2D eigenvalue weighted by Crippen LogP contribution is -2.67. The van der Waals surface area contributed by atoms with Crippen molar-refractivity contribution in [3.8, 4) is 0 Å². The summed E-state index contributed by atoms with van der Waals surface area (Å²) in [6, 6.07) is -0.954. The van der Waals surface area contributed by atoms with Crippen molar-refractivity contribution in [2.24, 2.45) is 50.2 Å². The number of ether oxygens (including phenoxy) is 2. The van der Waals surface area contributed by atoms with E-state index in [9.17, 15) is 30.0 Å². The molecular weight excluding hydrogens is 682 g/mol. The number of amides is 1. The van der Waals surface area contributed by atoms with E-state index in [1.165, 1.54) is 24.8 Å². The van der Waals surface area contributed by atoms with Crippen LogP contribution in [0.1, 0.15) is 165 Å². The van der Waals surface area contributed by atoms with E-state index in [2.05, 4.69) is 66.8 Å². The summed E-state index contributed by atoms with van der Waals surface area (Å²) < 4.78 is 13.0. The molecule has 1 heterocycles. The maximum absolute atomic E-state index is 13.2. The van der Waals surface area contributed by atoms with E-state index in [-0.39, 0.29) is 45.0 Å². The number of carbonyl (C=O) groups is 2. The fourth-order valence-corrected chi connectivity index (χ4v) is 13.7. The van der Waals surface area contributed by atoms with E-state index in [4.69, 9.17) is 9.47 Å². The van der Waals surface area contributed by atoms with Gasteiger partial charge >= 0.3 is 5.97 Å². The molecule has 1 amide bonds. The Kier molecular flexibility index (Phi) is 12.0. The molecule has 6 aliphatic rings. The van der Waals surface area contributed by atoms with Gasteiger partial charge in [0.05, 0.1) is 18.1 Å². The Morgan fingerprint density at radius 1 is 0.870 bits per heavy atom. The van der Waals surface area contributed by atoms with Crippen LogP contribution >= 0.6 is 0 Å². The highest BCUT2D eigenvalue weighted by Crippen LogP contribution is 2.76. The average Bonchev–Trinajstić information content (AvgIpc) is 3.10. The molecule has 1 saturated heterocycles. The van der Waals surface area contributed by atoms with Crippen LogP contribution in [-0.2, 0) is 19.1 Å². The lowest BCUT2D eigenvalue weighted by Gasteiger charge is -2.71. The Hall–Kier alpha value is -1.52. The van der Waals surface area contributed by atoms with Crippen molar-refractivity contribution in [3.63, 3.8) is 0 Å². The molecule has 54 heavy (non-hydrogen) atoms. The number of aliphatic hydroxyl groups excluding tert-OH is 3. The first-order valence-corrected chi connectivity index (χ1v) is 21.8. The van der Waals surface area contributed by atoms with Crippen molar-refractivity contribution >= 4 is 11.9 Å². The number of carboxylic acids is 1. The highest BCUT2D eigenvalue weighted by molar-refractivity contribution is 5.77. The minimum absolute atomic E-state index is 0.0378. The third-order valence-electron chi connectivity index (χ3n) is 17.3. The monoisotopic (exact) mass is 758 g/mol. The largest absolute Gasteiger partial charge is 0.481 e. The number of aliphatic hydroxyl groups is 3. The summed E-state index contributed by atoms with van der Waals surface area (Å²) >= 11 is 0. The van der Waals surface area contributed by atoms with Gasteiger partial charge in [-0.3, -0.25) is 9.59 Å².